The largest absolute Gasteiger partial charge is 0.394 e. The SMILES string of the molecule is Nc1ncnc2c([C@@H]3O[C@@H](CO)[C@@H](O)[C@H]3O)c[nH]c12. The summed E-state index contributed by atoms with van der Waals surface area (Å²) in [4.78, 5) is 10.9. The van der Waals surface area contributed by atoms with Crippen molar-refractivity contribution >= 4 is 16.9 Å². The Hall–Kier alpha value is -1.74. The minimum absolute atomic E-state index is 0.294. The summed E-state index contributed by atoms with van der Waals surface area (Å²) in [6, 6.07) is 0. The van der Waals surface area contributed by atoms with Crippen LogP contribution in [0.4, 0.5) is 5.82 Å². The van der Waals surface area contributed by atoms with Crippen LogP contribution in [0.5, 0.6) is 0 Å². The first-order valence-corrected chi connectivity index (χ1v) is 5.83. The fraction of sp³-hybridized carbons (Fsp3) is 0.455. The molecule has 4 atom stereocenters. The Morgan fingerprint density at radius 2 is 2.11 bits per heavy atom. The van der Waals surface area contributed by atoms with Crippen molar-refractivity contribution in [3.8, 4) is 0 Å². The van der Waals surface area contributed by atoms with Gasteiger partial charge in [0.15, 0.2) is 5.82 Å². The second kappa shape index (κ2) is 4.42. The molecule has 8 nitrogen and oxygen atoms in total. The summed E-state index contributed by atoms with van der Waals surface area (Å²) in [6.45, 7) is -0.367. The topological polar surface area (TPSA) is 138 Å². The van der Waals surface area contributed by atoms with Crippen LogP contribution in [0.3, 0.4) is 0 Å². The van der Waals surface area contributed by atoms with Gasteiger partial charge in [-0.3, -0.25) is 0 Å². The van der Waals surface area contributed by atoms with Crippen molar-refractivity contribution in [3.05, 3.63) is 18.1 Å². The molecule has 0 spiro atoms. The number of hydrogen-bond donors (Lipinski definition) is 5. The number of nitrogens with one attached hydrogen (secondary N) is 1. The zero-order valence-corrected chi connectivity index (χ0v) is 9.89. The summed E-state index contributed by atoms with van der Waals surface area (Å²) in [5.74, 6) is 0.294. The molecular formula is C11H14N4O4. The van der Waals surface area contributed by atoms with Crippen LogP contribution >= 0.6 is 0 Å². The number of ether oxygens (including phenoxy) is 1. The normalized spacial score (nSPS) is 31.1. The molecule has 0 aliphatic carbocycles. The predicted octanol–water partition coefficient (Wildman–Crippen LogP) is -1.31. The Morgan fingerprint density at radius 1 is 1.32 bits per heavy atom. The number of aliphatic hydroxyl groups excluding tert-OH is 3. The molecule has 102 valence electrons. The molecule has 2 aromatic heterocycles. The van der Waals surface area contributed by atoms with E-state index in [1.165, 1.54) is 6.33 Å². The predicted molar refractivity (Wildman–Crippen MR) is 65.0 cm³/mol. The number of H-pyrrole nitrogens is 1. The molecule has 3 heterocycles. The van der Waals surface area contributed by atoms with Gasteiger partial charge in [-0.2, -0.15) is 0 Å². The first-order chi connectivity index (χ1) is 9.13. The number of nitrogen functional groups attached to an aromatic ring is 1. The van der Waals surface area contributed by atoms with Crippen molar-refractivity contribution in [2.24, 2.45) is 0 Å². The van der Waals surface area contributed by atoms with Crippen LogP contribution in [0.15, 0.2) is 12.5 Å². The second-order valence-corrected chi connectivity index (χ2v) is 4.49. The van der Waals surface area contributed by atoms with Crippen molar-refractivity contribution in [2.75, 3.05) is 12.3 Å². The second-order valence-electron chi connectivity index (χ2n) is 4.49. The van der Waals surface area contributed by atoms with Crippen LogP contribution in [-0.4, -0.2) is 55.2 Å². The summed E-state index contributed by atoms with van der Waals surface area (Å²) in [5, 5.41) is 28.8. The molecular weight excluding hydrogens is 252 g/mol. The van der Waals surface area contributed by atoms with Crippen molar-refractivity contribution < 1.29 is 20.1 Å². The molecule has 3 rings (SSSR count). The summed E-state index contributed by atoms with van der Waals surface area (Å²) in [5.41, 5.74) is 7.37. The summed E-state index contributed by atoms with van der Waals surface area (Å²) < 4.78 is 5.46. The lowest BCUT2D eigenvalue weighted by molar-refractivity contribution is -0.0224. The maximum atomic E-state index is 9.98. The monoisotopic (exact) mass is 266 g/mol. The molecule has 0 bridgehead atoms. The van der Waals surface area contributed by atoms with E-state index in [-0.39, 0.29) is 6.61 Å². The summed E-state index contributed by atoms with van der Waals surface area (Å²) >= 11 is 0. The van der Waals surface area contributed by atoms with E-state index in [4.69, 9.17) is 15.6 Å². The minimum Gasteiger partial charge on any atom is -0.394 e. The van der Waals surface area contributed by atoms with Crippen molar-refractivity contribution in [3.63, 3.8) is 0 Å². The lowest BCUT2D eigenvalue weighted by Crippen LogP contribution is -2.32. The van der Waals surface area contributed by atoms with Gasteiger partial charge >= 0.3 is 0 Å². The van der Waals surface area contributed by atoms with Crippen LogP contribution in [0, 0.1) is 0 Å². The zero-order valence-electron chi connectivity index (χ0n) is 9.89. The third-order valence-corrected chi connectivity index (χ3v) is 3.37. The Balaban J connectivity index is 2.04. The van der Waals surface area contributed by atoms with Gasteiger partial charge in [0, 0.05) is 11.8 Å². The number of hydrogen-bond acceptors (Lipinski definition) is 7. The van der Waals surface area contributed by atoms with E-state index in [0.717, 1.165) is 0 Å². The Bertz CT molecular complexity index is 601. The standard InChI is InChI=1S/C11H14N4O4/c12-11-7-6(14-3-15-11)4(1-13-7)10-9(18)8(17)5(2-16)19-10/h1,3,5,8-10,13,16-18H,2H2,(H2,12,14,15)/t5-,8+,9+,10-/m0/s1. The summed E-state index contributed by atoms with van der Waals surface area (Å²) in [6.07, 6.45) is -0.933. The van der Waals surface area contributed by atoms with Gasteiger partial charge in [-0.25, -0.2) is 9.97 Å². The molecule has 0 radical (unpaired) electrons. The van der Waals surface area contributed by atoms with Gasteiger partial charge in [-0.15, -0.1) is 0 Å². The molecule has 1 aliphatic rings. The van der Waals surface area contributed by atoms with Gasteiger partial charge in [0.05, 0.1) is 12.1 Å². The van der Waals surface area contributed by atoms with Crippen LogP contribution in [0.2, 0.25) is 0 Å². The number of anilines is 1. The van der Waals surface area contributed by atoms with Crippen molar-refractivity contribution in [1.29, 1.82) is 0 Å². The molecule has 8 heteroatoms. The van der Waals surface area contributed by atoms with E-state index in [1.807, 2.05) is 0 Å². The van der Waals surface area contributed by atoms with Gasteiger partial charge in [0.25, 0.3) is 0 Å². The van der Waals surface area contributed by atoms with Crippen LogP contribution in [-0.2, 0) is 4.74 Å². The minimum atomic E-state index is -1.14. The zero-order chi connectivity index (χ0) is 13.6. The highest BCUT2D eigenvalue weighted by molar-refractivity contribution is 5.87. The van der Waals surface area contributed by atoms with E-state index in [9.17, 15) is 10.2 Å². The fourth-order valence-electron chi connectivity index (χ4n) is 2.35. The smallest absolute Gasteiger partial charge is 0.151 e. The van der Waals surface area contributed by atoms with E-state index < -0.39 is 24.4 Å². The van der Waals surface area contributed by atoms with Crippen LogP contribution in [0.25, 0.3) is 11.0 Å². The van der Waals surface area contributed by atoms with Gasteiger partial charge in [-0.1, -0.05) is 0 Å². The van der Waals surface area contributed by atoms with E-state index >= 15 is 0 Å². The van der Waals surface area contributed by atoms with Crippen molar-refractivity contribution in [1.82, 2.24) is 15.0 Å². The van der Waals surface area contributed by atoms with Crippen LogP contribution in [0.1, 0.15) is 11.7 Å². The Labute approximate surface area is 107 Å². The van der Waals surface area contributed by atoms with E-state index in [2.05, 4.69) is 15.0 Å². The highest BCUT2D eigenvalue weighted by Crippen LogP contribution is 2.36. The first-order valence-electron chi connectivity index (χ1n) is 5.83. The molecule has 6 N–H and O–H groups in total. The van der Waals surface area contributed by atoms with E-state index in [1.54, 1.807) is 6.20 Å². The molecule has 19 heavy (non-hydrogen) atoms. The lowest BCUT2D eigenvalue weighted by atomic mass is 10.0. The Kier molecular flexibility index (Phi) is 2.86. The molecule has 0 saturated carbocycles. The highest BCUT2D eigenvalue weighted by Gasteiger charge is 2.44. The third kappa shape index (κ3) is 1.77. The number of fused-ring (bicyclic) bond motifs is 1. The molecule has 0 unspecified atom stereocenters. The number of aromatic amines is 1. The maximum Gasteiger partial charge on any atom is 0.151 e. The van der Waals surface area contributed by atoms with Gasteiger partial charge in [-0.05, 0) is 0 Å². The highest BCUT2D eigenvalue weighted by atomic mass is 16.6. The van der Waals surface area contributed by atoms with E-state index in [0.29, 0.717) is 22.4 Å². The average Bonchev–Trinajstić information content (AvgIpc) is 2.94. The molecule has 1 aliphatic heterocycles. The number of aromatic nitrogens is 3. The molecule has 0 aromatic carbocycles. The Morgan fingerprint density at radius 3 is 2.79 bits per heavy atom. The van der Waals surface area contributed by atoms with Gasteiger partial charge < -0.3 is 30.8 Å². The number of nitrogens with zero attached hydrogens (tertiary/aromatic N) is 2. The summed E-state index contributed by atoms with van der Waals surface area (Å²) in [7, 11) is 0. The molecule has 1 fully saturated rings. The maximum absolute atomic E-state index is 9.98. The van der Waals surface area contributed by atoms with Crippen LogP contribution < -0.4 is 5.73 Å². The average molecular weight is 266 g/mol. The van der Waals surface area contributed by atoms with Crippen molar-refractivity contribution in [2.45, 2.75) is 24.4 Å². The molecule has 1 saturated heterocycles. The van der Waals surface area contributed by atoms with Gasteiger partial charge in [0.1, 0.15) is 36.3 Å². The number of nitrogens with two attached hydrogens (primary N) is 1. The number of rotatable bonds is 2. The number of aliphatic hydroxyl groups is 3. The fourth-order valence-corrected chi connectivity index (χ4v) is 2.35. The third-order valence-electron chi connectivity index (χ3n) is 3.37. The molecule has 0 amide bonds. The quantitative estimate of drug-likeness (QED) is 0.455. The first kappa shape index (κ1) is 12.3. The molecule has 2 aromatic rings. The lowest BCUT2D eigenvalue weighted by Gasteiger charge is -2.13. The van der Waals surface area contributed by atoms with Gasteiger partial charge in [0.2, 0.25) is 0 Å².